The van der Waals surface area contributed by atoms with Gasteiger partial charge in [0.15, 0.2) is 17.3 Å². The van der Waals surface area contributed by atoms with E-state index in [2.05, 4.69) is 9.97 Å². The van der Waals surface area contributed by atoms with Gasteiger partial charge in [0.2, 0.25) is 5.75 Å². The Bertz CT molecular complexity index is 1250. The van der Waals surface area contributed by atoms with Gasteiger partial charge in [-0.2, -0.15) is 0 Å². The number of H-pyrrole nitrogens is 1. The first-order valence-electron chi connectivity index (χ1n) is 8.39. The molecule has 0 aliphatic carbocycles. The van der Waals surface area contributed by atoms with Gasteiger partial charge in [0.05, 0.1) is 24.6 Å². The van der Waals surface area contributed by atoms with Crippen LogP contribution < -0.4 is 15.0 Å². The average Bonchev–Trinajstić information content (AvgIpc) is 3.38. The number of hydrogen-bond acceptors (Lipinski definition) is 7. The molecule has 9 heteroatoms. The van der Waals surface area contributed by atoms with E-state index >= 15 is 0 Å². The van der Waals surface area contributed by atoms with E-state index in [1.165, 1.54) is 25.6 Å². The quantitative estimate of drug-likeness (QED) is 0.441. The summed E-state index contributed by atoms with van der Waals surface area (Å²) in [5.74, 6) is 0.650. The summed E-state index contributed by atoms with van der Waals surface area (Å²) in [5, 5.41) is 14.7. The lowest BCUT2D eigenvalue weighted by Crippen LogP contribution is -2.10. The highest BCUT2D eigenvalue weighted by atomic mass is 35.5. The zero-order valence-electron chi connectivity index (χ0n) is 15.4. The Balaban J connectivity index is 1.78. The van der Waals surface area contributed by atoms with Crippen LogP contribution in [0.3, 0.4) is 0 Å². The van der Waals surface area contributed by atoms with E-state index in [-0.39, 0.29) is 33.7 Å². The van der Waals surface area contributed by atoms with Crippen LogP contribution in [0.4, 0.5) is 0 Å². The van der Waals surface area contributed by atoms with Gasteiger partial charge < -0.3 is 19.6 Å². The van der Waals surface area contributed by atoms with Crippen molar-refractivity contribution in [1.82, 2.24) is 9.97 Å². The van der Waals surface area contributed by atoms with E-state index in [0.29, 0.717) is 15.8 Å². The van der Waals surface area contributed by atoms with Gasteiger partial charge in [0.25, 0.3) is 5.56 Å². The minimum atomic E-state index is -0.248. The van der Waals surface area contributed by atoms with Crippen molar-refractivity contribution in [1.29, 1.82) is 0 Å². The summed E-state index contributed by atoms with van der Waals surface area (Å²) in [5.41, 5.74) is 1.24. The number of nitrogens with one attached hydrogen (secondary N) is 1. The summed E-state index contributed by atoms with van der Waals surface area (Å²) >= 11 is 9.41. The largest absolute Gasteiger partial charge is 0.502 e. The number of phenolic OH excluding ortho intramolecular Hbond substituents is 1. The molecule has 6 nitrogen and oxygen atoms in total. The number of methoxy groups -OCH3 is 2. The van der Waals surface area contributed by atoms with Crippen LogP contribution in [0.15, 0.2) is 39.8 Å². The van der Waals surface area contributed by atoms with Crippen molar-refractivity contribution >= 4 is 55.6 Å². The second-order valence-corrected chi connectivity index (χ2v) is 8.20. The molecule has 0 bridgehead atoms. The predicted molar refractivity (Wildman–Crippen MR) is 118 cm³/mol. The summed E-state index contributed by atoms with van der Waals surface area (Å²) in [6.07, 6.45) is 1.62. The SMILES string of the molecule is COc1cc(/C=C(\Cl)c2nc3scc(-c4cccs4)c3c(=O)[nH]2)cc(OC)c1O. The Morgan fingerprint density at radius 2 is 1.97 bits per heavy atom. The number of ether oxygens (including phenoxy) is 2. The molecule has 0 aliphatic rings. The van der Waals surface area contributed by atoms with Crippen LogP contribution in [0.25, 0.3) is 31.8 Å². The molecule has 4 aromatic rings. The highest BCUT2D eigenvalue weighted by Gasteiger charge is 2.15. The van der Waals surface area contributed by atoms with Gasteiger partial charge in [-0.1, -0.05) is 17.7 Å². The number of halogens is 1. The van der Waals surface area contributed by atoms with Crippen LogP contribution in [-0.2, 0) is 0 Å². The first-order valence-corrected chi connectivity index (χ1v) is 10.5. The molecule has 3 heterocycles. The fourth-order valence-corrected chi connectivity index (χ4v) is 4.86. The minimum absolute atomic E-state index is 0.101. The van der Waals surface area contributed by atoms with E-state index in [4.69, 9.17) is 21.1 Å². The Kier molecular flexibility index (Phi) is 5.31. The number of rotatable bonds is 5. The molecule has 4 rings (SSSR count). The lowest BCUT2D eigenvalue weighted by molar-refractivity contribution is 0.340. The molecule has 0 saturated carbocycles. The topological polar surface area (TPSA) is 84.4 Å². The number of aromatic hydroxyl groups is 1. The van der Waals surface area contributed by atoms with E-state index in [1.807, 2.05) is 22.9 Å². The van der Waals surface area contributed by atoms with E-state index in [9.17, 15) is 9.90 Å². The van der Waals surface area contributed by atoms with Crippen molar-refractivity contribution in [2.24, 2.45) is 0 Å². The Morgan fingerprint density at radius 3 is 2.59 bits per heavy atom. The Morgan fingerprint density at radius 1 is 1.24 bits per heavy atom. The molecule has 0 amide bonds. The van der Waals surface area contributed by atoms with Gasteiger partial charge in [-0.05, 0) is 35.2 Å². The maximum Gasteiger partial charge on any atom is 0.260 e. The minimum Gasteiger partial charge on any atom is -0.502 e. The molecule has 0 unspecified atom stereocenters. The third kappa shape index (κ3) is 3.62. The molecular weight excluding hydrogens is 432 g/mol. The van der Waals surface area contributed by atoms with E-state index in [1.54, 1.807) is 29.5 Å². The molecule has 0 spiro atoms. The highest BCUT2D eigenvalue weighted by Crippen LogP contribution is 2.38. The standard InChI is InChI=1S/C20H15ClN2O4S2/c1-26-13-7-10(8-14(27-2)17(13)24)6-12(21)18-22-19(25)16-11(9-29-20(16)23-18)15-4-3-5-28-15/h3-9,24H,1-2H3,(H,22,23,25)/b12-6-. The van der Waals surface area contributed by atoms with E-state index in [0.717, 1.165) is 10.4 Å². The zero-order valence-corrected chi connectivity index (χ0v) is 17.7. The summed E-state index contributed by atoms with van der Waals surface area (Å²) in [7, 11) is 2.89. The van der Waals surface area contributed by atoms with Gasteiger partial charge in [-0.3, -0.25) is 4.79 Å². The van der Waals surface area contributed by atoms with Crippen molar-refractivity contribution in [3.8, 4) is 27.7 Å². The maximum absolute atomic E-state index is 12.7. The van der Waals surface area contributed by atoms with Crippen molar-refractivity contribution in [2.45, 2.75) is 0 Å². The van der Waals surface area contributed by atoms with Crippen LogP contribution in [0, 0.1) is 0 Å². The number of benzene rings is 1. The molecule has 0 aliphatic heterocycles. The predicted octanol–water partition coefficient (Wildman–Crippen LogP) is 5.17. The number of fused-ring (bicyclic) bond motifs is 1. The molecular formula is C20H15ClN2O4S2. The van der Waals surface area contributed by atoms with Gasteiger partial charge in [-0.25, -0.2) is 4.98 Å². The third-order valence-electron chi connectivity index (χ3n) is 4.25. The molecule has 2 N–H and O–H groups in total. The Hall–Kier alpha value is -2.81. The lowest BCUT2D eigenvalue weighted by atomic mass is 10.1. The number of aromatic nitrogens is 2. The fourth-order valence-electron chi connectivity index (χ4n) is 2.89. The molecule has 3 aromatic heterocycles. The number of phenols is 1. The van der Waals surface area contributed by atoms with Crippen molar-refractivity contribution in [3.05, 3.63) is 56.8 Å². The highest BCUT2D eigenvalue weighted by molar-refractivity contribution is 7.18. The molecule has 1 aromatic carbocycles. The van der Waals surface area contributed by atoms with Gasteiger partial charge in [-0.15, -0.1) is 22.7 Å². The molecule has 0 radical (unpaired) electrons. The number of nitrogens with zero attached hydrogens (tertiary/aromatic N) is 1. The normalized spacial score (nSPS) is 11.8. The summed E-state index contributed by atoms with van der Waals surface area (Å²) in [4.78, 5) is 21.6. The number of hydrogen-bond donors (Lipinski definition) is 2. The lowest BCUT2D eigenvalue weighted by Gasteiger charge is -2.09. The average molecular weight is 447 g/mol. The second-order valence-electron chi connectivity index (χ2n) is 5.99. The summed E-state index contributed by atoms with van der Waals surface area (Å²) in [6.45, 7) is 0. The van der Waals surface area contributed by atoms with Gasteiger partial charge in [0, 0.05) is 15.8 Å². The molecule has 0 fully saturated rings. The monoisotopic (exact) mass is 446 g/mol. The summed E-state index contributed by atoms with van der Waals surface area (Å²) < 4.78 is 10.3. The number of aromatic amines is 1. The van der Waals surface area contributed by atoms with Crippen LogP contribution in [0.5, 0.6) is 17.2 Å². The van der Waals surface area contributed by atoms with Gasteiger partial charge in [0.1, 0.15) is 4.83 Å². The van der Waals surface area contributed by atoms with E-state index < -0.39 is 0 Å². The second kappa shape index (κ2) is 7.90. The molecule has 0 saturated heterocycles. The third-order valence-corrected chi connectivity index (χ3v) is 6.32. The van der Waals surface area contributed by atoms with Crippen LogP contribution in [0.1, 0.15) is 11.4 Å². The first-order chi connectivity index (χ1) is 14.0. The van der Waals surface area contributed by atoms with Crippen LogP contribution in [0.2, 0.25) is 0 Å². The van der Waals surface area contributed by atoms with Crippen molar-refractivity contribution in [3.63, 3.8) is 0 Å². The van der Waals surface area contributed by atoms with Crippen LogP contribution >= 0.6 is 34.3 Å². The summed E-state index contributed by atoms with van der Waals surface area (Å²) in [6, 6.07) is 7.13. The number of thiophene rings is 2. The molecule has 29 heavy (non-hydrogen) atoms. The van der Waals surface area contributed by atoms with Crippen LogP contribution in [-0.4, -0.2) is 29.3 Å². The Labute approximate surface area is 178 Å². The smallest absolute Gasteiger partial charge is 0.260 e. The first kappa shape index (κ1) is 19.5. The zero-order chi connectivity index (χ0) is 20.5. The van der Waals surface area contributed by atoms with Crippen molar-refractivity contribution in [2.75, 3.05) is 14.2 Å². The molecule has 0 atom stereocenters. The van der Waals surface area contributed by atoms with Crippen molar-refractivity contribution < 1.29 is 14.6 Å². The van der Waals surface area contributed by atoms with Gasteiger partial charge >= 0.3 is 0 Å². The fraction of sp³-hybridized carbons (Fsp3) is 0.100. The molecule has 148 valence electrons. The maximum atomic E-state index is 12.7.